The average molecular weight is 502 g/mol. The number of carbonyl (C=O) groups is 3. The van der Waals surface area contributed by atoms with Crippen molar-refractivity contribution in [3.63, 3.8) is 0 Å². The fraction of sp³-hybridized carbons (Fsp3) is 0.280. The zero-order valence-corrected chi connectivity index (χ0v) is 19.4. The first kappa shape index (κ1) is 26.5. The fourth-order valence-electron chi connectivity index (χ4n) is 3.48. The maximum absolute atomic E-state index is 12.2. The lowest BCUT2D eigenvalue weighted by Gasteiger charge is -2.11. The molecule has 3 aromatic rings. The summed E-state index contributed by atoms with van der Waals surface area (Å²) in [5, 5.41) is 12.9. The Bertz CT molecular complexity index is 1240. The lowest BCUT2D eigenvalue weighted by Crippen LogP contribution is -2.31. The van der Waals surface area contributed by atoms with E-state index in [0.29, 0.717) is 24.2 Å². The molecular formula is C25H25F3N4O4. The monoisotopic (exact) mass is 502 g/mol. The van der Waals surface area contributed by atoms with Crippen LogP contribution in [0.1, 0.15) is 46.2 Å². The van der Waals surface area contributed by atoms with Crippen LogP contribution in [0.3, 0.4) is 0 Å². The normalized spacial score (nSPS) is 12.6. The van der Waals surface area contributed by atoms with Crippen molar-refractivity contribution < 1.29 is 32.7 Å². The molecule has 0 spiro atoms. The smallest absolute Gasteiger partial charge is 0.475 e. The number of fused-ring (bicyclic) bond motifs is 1. The van der Waals surface area contributed by atoms with Gasteiger partial charge in [0.25, 0.3) is 11.8 Å². The van der Waals surface area contributed by atoms with Gasteiger partial charge in [-0.1, -0.05) is 25.5 Å². The highest BCUT2D eigenvalue weighted by atomic mass is 19.4. The number of aliphatic carboxylic acids is 1. The van der Waals surface area contributed by atoms with Gasteiger partial charge >= 0.3 is 12.1 Å². The number of carboxylic acid groups (broad SMARTS) is 1. The number of aromatic nitrogens is 2. The number of pyridine rings is 1. The number of amides is 2. The third kappa shape index (κ3) is 6.71. The highest BCUT2D eigenvalue weighted by molar-refractivity contribution is 5.98. The number of H-pyrrole nitrogens is 1. The first-order valence-electron chi connectivity index (χ1n) is 11.3. The van der Waals surface area contributed by atoms with E-state index in [1.807, 2.05) is 42.5 Å². The van der Waals surface area contributed by atoms with Gasteiger partial charge in [-0.15, -0.1) is 0 Å². The van der Waals surface area contributed by atoms with Crippen molar-refractivity contribution in [3.05, 3.63) is 65.5 Å². The van der Waals surface area contributed by atoms with Crippen molar-refractivity contribution in [3.8, 4) is 22.5 Å². The Morgan fingerprint density at radius 1 is 1.11 bits per heavy atom. The standard InChI is InChI=1S/C23H24N4O2.C2HF3O2/c1-2-3-10-25-22(28)16-6-4-15(5-7-16)20-13-17(8-11-24-20)21-14-18-19(27-21)9-12-26-23(18)29;3-2(4,5)1(6)7/h4-8,11,13-14,27H,2-3,9-10,12H2,1H3,(H,25,28)(H,26,29);(H,6,7). The van der Waals surface area contributed by atoms with Gasteiger partial charge in [0, 0.05) is 53.8 Å². The molecular weight excluding hydrogens is 477 g/mol. The predicted octanol–water partition coefficient (Wildman–Crippen LogP) is 4.19. The number of halogens is 3. The molecule has 1 aliphatic rings. The van der Waals surface area contributed by atoms with Crippen LogP contribution in [0.2, 0.25) is 0 Å². The number of carboxylic acids is 1. The summed E-state index contributed by atoms with van der Waals surface area (Å²) in [6.07, 6.45) is -0.489. The van der Waals surface area contributed by atoms with Gasteiger partial charge in [0.2, 0.25) is 0 Å². The topological polar surface area (TPSA) is 124 Å². The van der Waals surface area contributed by atoms with Crippen LogP contribution in [0.25, 0.3) is 22.5 Å². The van der Waals surface area contributed by atoms with Crippen molar-refractivity contribution in [2.75, 3.05) is 13.1 Å². The molecule has 0 saturated heterocycles. The maximum Gasteiger partial charge on any atom is 0.490 e. The van der Waals surface area contributed by atoms with Gasteiger partial charge in [0.1, 0.15) is 0 Å². The Morgan fingerprint density at radius 3 is 2.42 bits per heavy atom. The van der Waals surface area contributed by atoms with Crippen LogP contribution in [0, 0.1) is 0 Å². The van der Waals surface area contributed by atoms with Gasteiger partial charge in [0.05, 0.1) is 11.3 Å². The van der Waals surface area contributed by atoms with Crippen LogP contribution < -0.4 is 10.6 Å². The van der Waals surface area contributed by atoms with E-state index < -0.39 is 12.1 Å². The zero-order valence-electron chi connectivity index (χ0n) is 19.4. The lowest BCUT2D eigenvalue weighted by molar-refractivity contribution is -0.192. The highest BCUT2D eigenvalue weighted by Crippen LogP contribution is 2.27. The summed E-state index contributed by atoms with van der Waals surface area (Å²) in [5.41, 5.74) is 5.96. The molecule has 2 amide bonds. The van der Waals surface area contributed by atoms with Gasteiger partial charge in [-0.2, -0.15) is 13.2 Å². The van der Waals surface area contributed by atoms with Gasteiger partial charge in [-0.25, -0.2) is 4.79 Å². The number of aromatic amines is 1. The minimum Gasteiger partial charge on any atom is -0.475 e. The number of unbranched alkanes of at least 4 members (excludes halogenated alkanes) is 1. The molecule has 8 nitrogen and oxygen atoms in total. The molecule has 1 aromatic carbocycles. The Kier molecular flexibility index (Phi) is 8.46. The number of alkyl halides is 3. The Hall–Kier alpha value is -4.15. The molecule has 0 atom stereocenters. The summed E-state index contributed by atoms with van der Waals surface area (Å²) in [7, 11) is 0. The number of hydrogen-bond acceptors (Lipinski definition) is 4. The Balaban J connectivity index is 0.000000454. The van der Waals surface area contributed by atoms with E-state index in [1.54, 1.807) is 6.20 Å². The van der Waals surface area contributed by atoms with E-state index in [1.165, 1.54) is 0 Å². The summed E-state index contributed by atoms with van der Waals surface area (Å²) in [6.45, 7) is 3.45. The molecule has 2 aromatic heterocycles. The summed E-state index contributed by atoms with van der Waals surface area (Å²) < 4.78 is 31.7. The minimum atomic E-state index is -5.08. The van der Waals surface area contributed by atoms with Gasteiger partial charge in [-0.05, 0) is 36.8 Å². The fourth-order valence-corrected chi connectivity index (χ4v) is 3.48. The van der Waals surface area contributed by atoms with E-state index in [-0.39, 0.29) is 11.8 Å². The van der Waals surface area contributed by atoms with Gasteiger partial charge in [0.15, 0.2) is 0 Å². The summed E-state index contributed by atoms with van der Waals surface area (Å²) in [6, 6.07) is 13.3. The molecule has 11 heteroatoms. The van der Waals surface area contributed by atoms with Crippen LogP contribution in [-0.2, 0) is 11.2 Å². The number of nitrogens with zero attached hydrogens (tertiary/aromatic N) is 1. The second-order valence-electron chi connectivity index (χ2n) is 8.00. The van der Waals surface area contributed by atoms with Crippen LogP contribution in [0.5, 0.6) is 0 Å². The van der Waals surface area contributed by atoms with E-state index in [4.69, 9.17) is 9.90 Å². The van der Waals surface area contributed by atoms with Gasteiger partial charge in [-0.3, -0.25) is 14.6 Å². The number of nitrogens with one attached hydrogen (secondary N) is 3. The van der Waals surface area contributed by atoms with E-state index >= 15 is 0 Å². The van der Waals surface area contributed by atoms with Crippen molar-refractivity contribution in [1.82, 2.24) is 20.6 Å². The molecule has 0 fully saturated rings. The van der Waals surface area contributed by atoms with Crippen LogP contribution >= 0.6 is 0 Å². The number of rotatable bonds is 6. The van der Waals surface area contributed by atoms with E-state index in [9.17, 15) is 22.8 Å². The zero-order chi connectivity index (χ0) is 26.3. The largest absolute Gasteiger partial charge is 0.490 e. The number of benzene rings is 1. The molecule has 0 aliphatic carbocycles. The minimum absolute atomic E-state index is 0.0316. The van der Waals surface area contributed by atoms with Crippen molar-refractivity contribution in [1.29, 1.82) is 0 Å². The summed E-state index contributed by atoms with van der Waals surface area (Å²) >= 11 is 0. The molecule has 0 radical (unpaired) electrons. The lowest BCUT2D eigenvalue weighted by atomic mass is 10.0. The molecule has 0 unspecified atom stereocenters. The Labute approximate surface area is 204 Å². The molecule has 1 aliphatic heterocycles. The third-order valence-corrected chi connectivity index (χ3v) is 5.38. The predicted molar refractivity (Wildman–Crippen MR) is 126 cm³/mol. The average Bonchev–Trinajstić information content (AvgIpc) is 3.30. The second-order valence-corrected chi connectivity index (χ2v) is 8.00. The maximum atomic E-state index is 12.2. The molecule has 36 heavy (non-hydrogen) atoms. The van der Waals surface area contributed by atoms with Crippen LogP contribution in [0.15, 0.2) is 48.7 Å². The molecule has 4 rings (SSSR count). The van der Waals surface area contributed by atoms with E-state index in [0.717, 1.165) is 47.5 Å². The van der Waals surface area contributed by atoms with Crippen LogP contribution in [0.4, 0.5) is 13.2 Å². The molecule has 190 valence electrons. The quantitative estimate of drug-likeness (QED) is 0.376. The second kappa shape index (κ2) is 11.5. The third-order valence-electron chi connectivity index (χ3n) is 5.38. The molecule has 3 heterocycles. The molecule has 0 bridgehead atoms. The highest BCUT2D eigenvalue weighted by Gasteiger charge is 2.38. The number of hydrogen-bond donors (Lipinski definition) is 4. The summed E-state index contributed by atoms with van der Waals surface area (Å²) in [4.78, 5) is 40.9. The summed E-state index contributed by atoms with van der Waals surface area (Å²) in [5.74, 6) is -2.84. The first-order valence-corrected chi connectivity index (χ1v) is 11.3. The molecule has 0 saturated carbocycles. The Morgan fingerprint density at radius 2 is 1.81 bits per heavy atom. The van der Waals surface area contributed by atoms with E-state index in [2.05, 4.69) is 27.5 Å². The SMILES string of the molecule is CCCCNC(=O)c1ccc(-c2cc(-c3cc4c([nH]3)CCNC4=O)ccn2)cc1.O=C(O)C(F)(F)F. The van der Waals surface area contributed by atoms with Crippen LogP contribution in [-0.4, -0.2) is 52.1 Å². The van der Waals surface area contributed by atoms with Gasteiger partial charge < -0.3 is 20.7 Å². The first-order chi connectivity index (χ1) is 17.1. The van der Waals surface area contributed by atoms with Crippen molar-refractivity contribution in [2.24, 2.45) is 0 Å². The molecule has 4 N–H and O–H groups in total. The number of carbonyl (C=O) groups excluding carboxylic acids is 2. The van der Waals surface area contributed by atoms with Crippen molar-refractivity contribution >= 4 is 17.8 Å². The van der Waals surface area contributed by atoms with Crippen molar-refractivity contribution in [2.45, 2.75) is 32.4 Å².